The second-order valence-corrected chi connectivity index (χ2v) is 4.73. The van der Waals surface area contributed by atoms with Crippen LogP contribution in [0.3, 0.4) is 0 Å². The third kappa shape index (κ3) is 2.27. The number of thiazole rings is 1. The molecule has 2 aromatic rings. The van der Waals surface area contributed by atoms with E-state index in [9.17, 15) is 0 Å². The Morgan fingerprint density at radius 2 is 2.19 bits per heavy atom. The highest BCUT2D eigenvalue weighted by Crippen LogP contribution is 2.26. The maximum absolute atomic E-state index is 4.62. The smallest absolute Gasteiger partial charge is 0.142 e. The highest BCUT2D eigenvalue weighted by Gasteiger charge is 2.10. The summed E-state index contributed by atoms with van der Waals surface area (Å²) in [6, 6.07) is 1.91. The van der Waals surface area contributed by atoms with Crippen molar-refractivity contribution < 1.29 is 0 Å². The van der Waals surface area contributed by atoms with Crippen LogP contribution >= 0.6 is 11.3 Å². The van der Waals surface area contributed by atoms with Crippen molar-refractivity contribution in [1.82, 2.24) is 15.0 Å². The summed E-state index contributed by atoms with van der Waals surface area (Å²) in [7, 11) is 0. The molecule has 0 saturated heterocycles. The lowest BCUT2D eigenvalue weighted by atomic mass is 10.1. The van der Waals surface area contributed by atoms with Gasteiger partial charge in [-0.1, -0.05) is 13.8 Å². The zero-order valence-corrected chi connectivity index (χ0v) is 10.6. The monoisotopic (exact) mass is 233 g/mol. The van der Waals surface area contributed by atoms with Gasteiger partial charge in [-0.15, -0.1) is 11.3 Å². The summed E-state index contributed by atoms with van der Waals surface area (Å²) in [5.74, 6) is 1.31. The molecule has 1 unspecified atom stereocenters. The summed E-state index contributed by atoms with van der Waals surface area (Å²) >= 11 is 1.65. The molecule has 2 aromatic heterocycles. The Balaban J connectivity index is 2.31. The number of nitrogens with zero attached hydrogens (tertiary/aromatic N) is 3. The number of aromatic nitrogens is 3. The summed E-state index contributed by atoms with van der Waals surface area (Å²) in [5, 5.41) is 3.11. The molecule has 1 atom stereocenters. The van der Waals surface area contributed by atoms with Crippen LogP contribution in [-0.4, -0.2) is 15.0 Å². The second kappa shape index (κ2) is 4.70. The first-order valence-corrected chi connectivity index (χ1v) is 6.34. The predicted molar refractivity (Wildman–Crippen MR) is 66.6 cm³/mol. The molecule has 0 amide bonds. The molecule has 0 saturated carbocycles. The molecule has 0 aliphatic rings. The van der Waals surface area contributed by atoms with Crippen molar-refractivity contribution in [3.05, 3.63) is 29.2 Å². The van der Waals surface area contributed by atoms with E-state index < -0.39 is 0 Å². The summed E-state index contributed by atoms with van der Waals surface area (Å²) in [6.07, 6.45) is 2.90. The van der Waals surface area contributed by atoms with Crippen molar-refractivity contribution in [2.24, 2.45) is 0 Å². The largest absolute Gasteiger partial charge is 0.242 e. The van der Waals surface area contributed by atoms with Gasteiger partial charge in [-0.25, -0.2) is 15.0 Å². The highest BCUT2D eigenvalue weighted by molar-refractivity contribution is 7.13. The summed E-state index contributed by atoms with van der Waals surface area (Å²) in [6.45, 7) is 6.27. The van der Waals surface area contributed by atoms with Gasteiger partial charge in [-0.3, -0.25) is 0 Å². The molecule has 4 heteroatoms. The maximum Gasteiger partial charge on any atom is 0.142 e. The van der Waals surface area contributed by atoms with Gasteiger partial charge in [-0.2, -0.15) is 0 Å². The van der Waals surface area contributed by atoms with Crippen LogP contribution in [0.4, 0.5) is 0 Å². The van der Waals surface area contributed by atoms with Gasteiger partial charge in [0.05, 0.1) is 5.69 Å². The van der Waals surface area contributed by atoms with Gasteiger partial charge in [0, 0.05) is 11.6 Å². The third-order valence-electron chi connectivity index (χ3n) is 2.63. The molecule has 2 heterocycles. The Morgan fingerprint density at radius 3 is 2.88 bits per heavy atom. The Morgan fingerprint density at radius 1 is 1.38 bits per heavy atom. The van der Waals surface area contributed by atoms with Crippen LogP contribution in [0, 0.1) is 6.92 Å². The van der Waals surface area contributed by atoms with Crippen LogP contribution in [-0.2, 0) is 0 Å². The fraction of sp³-hybridized carbons (Fsp3) is 0.417. The van der Waals surface area contributed by atoms with Gasteiger partial charge in [0.1, 0.15) is 16.5 Å². The van der Waals surface area contributed by atoms with E-state index in [2.05, 4.69) is 34.2 Å². The molecule has 0 radical (unpaired) electrons. The summed E-state index contributed by atoms with van der Waals surface area (Å²) < 4.78 is 0. The Hall–Kier alpha value is -1.29. The van der Waals surface area contributed by atoms with E-state index in [-0.39, 0.29) is 0 Å². The minimum atomic E-state index is 0.521. The molecule has 0 spiro atoms. The van der Waals surface area contributed by atoms with Crippen LogP contribution < -0.4 is 0 Å². The van der Waals surface area contributed by atoms with Crippen molar-refractivity contribution >= 4 is 11.3 Å². The maximum atomic E-state index is 4.62. The van der Waals surface area contributed by atoms with Crippen LogP contribution in [0.25, 0.3) is 10.7 Å². The first-order chi connectivity index (χ1) is 7.70. The number of hydrogen-bond donors (Lipinski definition) is 0. The first-order valence-electron chi connectivity index (χ1n) is 5.46. The van der Waals surface area contributed by atoms with E-state index in [0.717, 1.165) is 22.9 Å². The topological polar surface area (TPSA) is 38.7 Å². The quantitative estimate of drug-likeness (QED) is 0.815. The van der Waals surface area contributed by atoms with Gasteiger partial charge >= 0.3 is 0 Å². The van der Waals surface area contributed by atoms with Gasteiger partial charge in [-0.05, 0) is 25.3 Å². The zero-order valence-electron chi connectivity index (χ0n) is 9.77. The van der Waals surface area contributed by atoms with E-state index in [1.807, 2.05) is 13.0 Å². The molecule has 0 aliphatic carbocycles. The lowest BCUT2D eigenvalue weighted by Crippen LogP contribution is -1.93. The van der Waals surface area contributed by atoms with Crippen molar-refractivity contribution in [3.63, 3.8) is 0 Å². The Kier molecular flexibility index (Phi) is 3.29. The fourth-order valence-corrected chi connectivity index (χ4v) is 2.32. The predicted octanol–water partition coefficient (Wildman–Crippen LogP) is 3.42. The highest BCUT2D eigenvalue weighted by atomic mass is 32.1. The lowest BCUT2D eigenvalue weighted by Gasteiger charge is -2.02. The normalized spacial score (nSPS) is 12.7. The molecular formula is C12H15N3S. The van der Waals surface area contributed by atoms with Crippen molar-refractivity contribution in [1.29, 1.82) is 0 Å². The third-order valence-corrected chi connectivity index (χ3v) is 3.52. The Bertz CT molecular complexity index is 479. The van der Waals surface area contributed by atoms with E-state index >= 15 is 0 Å². The Labute approximate surface area is 99.6 Å². The molecule has 0 fully saturated rings. The molecule has 84 valence electrons. The lowest BCUT2D eigenvalue weighted by molar-refractivity contribution is 0.714. The molecule has 0 aromatic carbocycles. The molecule has 16 heavy (non-hydrogen) atoms. The SMILES string of the molecule is CCC(C)c1csc(-c2ccnc(C)n2)n1. The molecule has 2 rings (SSSR count). The first kappa shape index (κ1) is 11.2. The average Bonchev–Trinajstić information content (AvgIpc) is 2.77. The summed E-state index contributed by atoms with van der Waals surface area (Å²) in [5.41, 5.74) is 2.09. The molecule has 0 N–H and O–H groups in total. The van der Waals surface area contributed by atoms with Crippen molar-refractivity contribution in [3.8, 4) is 10.7 Å². The van der Waals surface area contributed by atoms with Crippen LogP contribution in [0.2, 0.25) is 0 Å². The van der Waals surface area contributed by atoms with Crippen molar-refractivity contribution in [2.75, 3.05) is 0 Å². The zero-order chi connectivity index (χ0) is 11.5. The molecule has 3 nitrogen and oxygen atoms in total. The number of hydrogen-bond acceptors (Lipinski definition) is 4. The van der Waals surface area contributed by atoms with Gasteiger partial charge in [0.25, 0.3) is 0 Å². The minimum Gasteiger partial charge on any atom is -0.242 e. The minimum absolute atomic E-state index is 0.521. The molecule has 0 aliphatic heterocycles. The van der Waals surface area contributed by atoms with Gasteiger partial charge in [0.15, 0.2) is 0 Å². The van der Waals surface area contributed by atoms with Gasteiger partial charge < -0.3 is 0 Å². The van der Waals surface area contributed by atoms with Gasteiger partial charge in [0.2, 0.25) is 0 Å². The van der Waals surface area contributed by atoms with E-state index in [4.69, 9.17) is 0 Å². The van der Waals surface area contributed by atoms with Crippen LogP contribution in [0.15, 0.2) is 17.6 Å². The number of rotatable bonds is 3. The van der Waals surface area contributed by atoms with E-state index in [1.54, 1.807) is 17.5 Å². The average molecular weight is 233 g/mol. The fourth-order valence-electron chi connectivity index (χ4n) is 1.41. The van der Waals surface area contributed by atoms with E-state index in [0.29, 0.717) is 5.92 Å². The standard InChI is InChI=1S/C12H15N3S/c1-4-8(2)11-7-16-12(15-11)10-5-6-13-9(3)14-10/h5-8H,4H2,1-3H3. The van der Waals surface area contributed by atoms with Crippen LogP contribution in [0.5, 0.6) is 0 Å². The van der Waals surface area contributed by atoms with E-state index in [1.165, 1.54) is 5.69 Å². The van der Waals surface area contributed by atoms with Crippen LogP contribution in [0.1, 0.15) is 37.7 Å². The second-order valence-electron chi connectivity index (χ2n) is 3.88. The van der Waals surface area contributed by atoms with Crippen molar-refractivity contribution in [2.45, 2.75) is 33.1 Å². The summed E-state index contributed by atoms with van der Waals surface area (Å²) in [4.78, 5) is 13.1. The molecular weight excluding hydrogens is 218 g/mol. The number of aryl methyl sites for hydroxylation is 1. The molecule has 0 bridgehead atoms.